The van der Waals surface area contributed by atoms with Gasteiger partial charge in [0.1, 0.15) is 6.54 Å². The van der Waals surface area contributed by atoms with Gasteiger partial charge in [-0.1, -0.05) is 59.8 Å². The largest absolute Gasteiger partial charge is 0.356 e. The molecule has 1 unspecified atom stereocenters. The summed E-state index contributed by atoms with van der Waals surface area (Å²) in [6.45, 7) is 5.52. The van der Waals surface area contributed by atoms with E-state index in [-0.39, 0.29) is 18.4 Å². The average molecular weight is 446 g/mol. The van der Waals surface area contributed by atoms with Crippen molar-refractivity contribution in [1.82, 2.24) is 25.2 Å². The number of rotatable bonds is 7. The Morgan fingerprint density at radius 2 is 1.85 bits per heavy atom. The van der Waals surface area contributed by atoms with Crippen molar-refractivity contribution in [3.63, 3.8) is 0 Å². The van der Waals surface area contributed by atoms with Crippen molar-refractivity contribution in [3.8, 4) is 11.1 Å². The lowest BCUT2D eigenvalue weighted by atomic mass is 9.73. The Hall–Kier alpha value is -3.48. The average Bonchev–Trinajstić information content (AvgIpc) is 3.24. The van der Waals surface area contributed by atoms with Crippen LogP contribution in [0, 0.1) is 12.3 Å². The fourth-order valence-electron chi connectivity index (χ4n) is 4.75. The number of hydrogen-bond donors (Lipinski definition) is 1. The lowest BCUT2D eigenvalue weighted by Crippen LogP contribution is -2.55. The Morgan fingerprint density at radius 1 is 1.09 bits per heavy atom. The zero-order valence-electron chi connectivity index (χ0n) is 19.3. The number of aromatic nitrogens is 3. The summed E-state index contributed by atoms with van der Waals surface area (Å²) in [5.41, 5.74) is 3.48. The standard InChI is InChI=1S/C26H31N5O2/c1-3-27-25(33)26(16-22-12-7-8-13-23(22)21-10-5-4-6-11-21)14-9-15-30(19-26)24(32)18-31-17-20(2)28-29-31/h4-8,10-13,17H,3,9,14-16,18-19H2,1-2H3,(H,27,33). The zero-order valence-corrected chi connectivity index (χ0v) is 19.3. The van der Waals surface area contributed by atoms with Gasteiger partial charge in [-0.05, 0) is 49.8 Å². The van der Waals surface area contributed by atoms with E-state index in [4.69, 9.17) is 0 Å². The van der Waals surface area contributed by atoms with Gasteiger partial charge in [0, 0.05) is 25.8 Å². The third-order valence-electron chi connectivity index (χ3n) is 6.33. The predicted molar refractivity (Wildman–Crippen MR) is 127 cm³/mol. The summed E-state index contributed by atoms with van der Waals surface area (Å²) in [6.07, 6.45) is 3.87. The van der Waals surface area contributed by atoms with Crippen LogP contribution in [0.15, 0.2) is 60.8 Å². The smallest absolute Gasteiger partial charge is 0.244 e. The monoisotopic (exact) mass is 445 g/mol. The van der Waals surface area contributed by atoms with Crippen molar-refractivity contribution in [2.75, 3.05) is 19.6 Å². The number of amides is 2. The van der Waals surface area contributed by atoms with Crippen LogP contribution < -0.4 is 5.32 Å². The third kappa shape index (κ3) is 5.13. The van der Waals surface area contributed by atoms with Crippen molar-refractivity contribution >= 4 is 11.8 Å². The summed E-state index contributed by atoms with van der Waals surface area (Å²) in [5, 5.41) is 11.0. The lowest BCUT2D eigenvalue weighted by molar-refractivity contribution is -0.142. The van der Waals surface area contributed by atoms with E-state index in [1.807, 2.05) is 49.1 Å². The lowest BCUT2D eigenvalue weighted by Gasteiger charge is -2.42. The van der Waals surface area contributed by atoms with Gasteiger partial charge in [0.05, 0.1) is 11.1 Å². The SMILES string of the molecule is CCNC(=O)C1(Cc2ccccc2-c2ccccc2)CCCN(C(=O)Cn2cc(C)nn2)C1. The first kappa shape index (κ1) is 22.7. The molecule has 0 saturated carbocycles. The molecule has 0 spiro atoms. The fourth-order valence-corrected chi connectivity index (χ4v) is 4.75. The number of nitrogens with zero attached hydrogens (tertiary/aromatic N) is 4. The highest BCUT2D eigenvalue weighted by atomic mass is 16.2. The van der Waals surface area contributed by atoms with E-state index in [9.17, 15) is 9.59 Å². The predicted octanol–water partition coefficient (Wildman–Crippen LogP) is 3.24. The minimum absolute atomic E-state index is 0.0157. The molecule has 7 nitrogen and oxygen atoms in total. The maximum absolute atomic E-state index is 13.4. The summed E-state index contributed by atoms with van der Waals surface area (Å²) in [7, 11) is 0. The van der Waals surface area contributed by atoms with E-state index in [0.717, 1.165) is 35.2 Å². The van der Waals surface area contributed by atoms with Gasteiger partial charge in [0.25, 0.3) is 0 Å². The van der Waals surface area contributed by atoms with Crippen LogP contribution >= 0.6 is 0 Å². The molecule has 1 N–H and O–H groups in total. The Morgan fingerprint density at radius 3 is 2.58 bits per heavy atom. The van der Waals surface area contributed by atoms with Gasteiger partial charge in [0.2, 0.25) is 11.8 Å². The van der Waals surface area contributed by atoms with Gasteiger partial charge in [-0.3, -0.25) is 9.59 Å². The van der Waals surface area contributed by atoms with Crippen LogP contribution in [0.4, 0.5) is 0 Å². The molecule has 33 heavy (non-hydrogen) atoms. The second-order valence-corrected chi connectivity index (χ2v) is 8.82. The second-order valence-electron chi connectivity index (χ2n) is 8.82. The highest BCUT2D eigenvalue weighted by molar-refractivity contribution is 5.85. The first-order valence-electron chi connectivity index (χ1n) is 11.6. The molecular weight excluding hydrogens is 414 g/mol. The zero-order chi connectivity index (χ0) is 23.3. The summed E-state index contributed by atoms with van der Waals surface area (Å²) in [5.74, 6) is -0.0217. The molecule has 1 fully saturated rings. The number of hydrogen-bond acceptors (Lipinski definition) is 4. The third-order valence-corrected chi connectivity index (χ3v) is 6.33. The molecule has 0 bridgehead atoms. The molecule has 0 radical (unpaired) electrons. The summed E-state index contributed by atoms with van der Waals surface area (Å²) in [6, 6.07) is 18.5. The first-order valence-corrected chi connectivity index (χ1v) is 11.6. The maximum Gasteiger partial charge on any atom is 0.244 e. The molecule has 3 aromatic rings. The van der Waals surface area contributed by atoms with Gasteiger partial charge in [-0.15, -0.1) is 5.10 Å². The minimum Gasteiger partial charge on any atom is -0.356 e. The molecule has 2 amide bonds. The Bertz CT molecular complexity index is 1110. The molecular formula is C26H31N5O2. The molecule has 2 aromatic carbocycles. The van der Waals surface area contributed by atoms with Crippen LogP contribution in [0.5, 0.6) is 0 Å². The topological polar surface area (TPSA) is 80.1 Å². The van der Waals surface area contributed by atoms with Crippen LogP contribution in [0.2, 0.25) is 0 Å². The van der Waals surface area contributed by atoms with Crippen molar-refractivity contribution in [3.05, 3.63) is 72.1 Å². The number of carbonyl (C=O) groups is 2. The highest BCUT2D eigenvalue weighted by Gasteiger charge is 2.43. The van der Waals surface area contributed by atoms with Crippen molar-refractivity contribution in [2.45, 2.75) is 39.7 Å². The van der Waals surface area contributed by atoms with E-state index < -0.39 is 5.41 Å². The number of likely N-dealkylation sites (tertiary alicyclic amines) is 1. The second kappa shape index (κ2) is 9.98. The highest BCUT2D eigenvalue weighted by Crippen LogP contribution is 2.37. The number of aryl methyl sites for hydroxylation is 1. The van der Waals surface area contributed by atoms with Gasteiger partial charge in [-0.25, -0.2) is 4.68 Å². The number of carbonyl (C=O) groups excluding carboxylic acids is 2. The maximum atomic E-state index is 13.4. The van der Waals surface area contributed by atoms with Crippen molar-refractivity contribution < 1.29 is 9.59 Å². The molecule has 2 heterocycles. The van der Waals surface area contributed by atoms with Gasteiger partial charge < -0.3 is 10.2 Å². The fraction of sp³-hybridized carbons (Fsp3) is 0.385. The molecule has 1 aliphatic heterocycles. The van der Waals surface area contributed by atoms with Crippen LogP contribution in [-0.4, -0.2) is 51.3 Å². The van der Waals surface area contributed by atoms with E-state index in [0.29, 0.717) is 26.1 Å². The minimum atomic E-state index is -0.674. The number of nitrogens with one attached hydrogen (secondary N) is 1. The summed E-state index contributed by atoms with van der Waals surface area (Å²) in [4.78, 5) is 28.3. The molecule has 1 aromatic heterocycles. The van der Waals surface area contributed by atoms with Crippen molar-refractivity contribution in [1.29, 1.82) is 0 Å². The molecule has 172 valence electrons. The van der Waals surface area contributed by atoms with Crippen LogP contribution in [0.3, 0.4) is 0 Å². The van der Waals surface area contributed by atoms with E-state index in [2.05, 4.69) is 39.9 Å². The van der Waals surface area contributed by atoms with E-state index >= 15 is 0 Å². The molecule has 7 heteroatoms. The quantitative estimate of drug-likeness (QED) is 0.606. The van der Waals surface area contributed by atoms with Crippen LogP contribution in [0.25, 0.3) is 11.1 Å². The van der Waals surface area contributed by atoms with Crippen LogP contribution in [0.1, 0.15) is 31.0 Å². The molecule has 0 aliphatic carbocycles. The van der Waals surface area contributed by atoms with E-state index in [1.165, 1.54) is 0 Å². The Balaban J connectivity index is 1.62. The van der Waals surface area contributed by atoms with Gasteiger partial charge in [-0.2, -0.15) is 0 Å². The van der Waals surface area contributed by atoms with E-state index in [1.54, 1.807) is 10.9 Å². The Labute approximate surface area is 194 Å². The van der Waals surface area contributed by atoms with Crippen molar-refractivity contribution in [2.24, 2.45) is 5.41 Å². The molecule has 4 rings (SSSR count). The first-order chi connectivity index (χ1) is 16.0. The molecule has 1 atom stereocenters. The number of piperidine rings is 1. The molecule has 1 aliphatic rings. The summed E-state index contributed by atoms with van der Waals surface area (Å²) < 4.78 is 1.56. The molecule has 1 saturated heterocycles. The summed E-state index contributed by atoms with van der Waals surface area (Å²) >= 11 is 0. The van der Waals surface area contributed by atoms with Crippen LogP contribution in [-0.2, 0) is 22.6 Å². The van der Waals surface area contributed by atoms with Gasteiger partial charge in [0.15, 0.2) is 0 Å². The number of benzene rings is 2. The van der Waals surface area contributed by atoms with Gasteiger partial charge >= 0.3 is 0 Å². The normalized spacial score (nSPS) is 18.2. The Kier molecular flexibility index (Phi) is 6.87.